The van der Waals surface area contributed by atoms with E-state index in [0.29, 0.717) is 5.39 Å². The largest absolute Gasteiger partial charge is 0.395 e. The van der Waals surface area contributed by atoms with Gasteiger partial charge >= 0.3 is 0 Å². The second-order valence-corrected chi connectivity index (χ2v) is 5.76. The van der Waals surface area contributed by atoms with Crippen molar-refractivity contribution in [3.63, 3.8) is 0 Å². The molecule has 21 heavy (non-hydrogen) atoms. The van der Waals surface area contributed by atoms with E-state index >= 15 is 0 Å². The minimum absolute atomic E-state index is 0.187. The zero-order valence-corrected chi connectivity index (χ0v) is 12.1. The average Bonchev–Trinajstić information content (AvgIpc) is 2.75. The number of likely N-dealkylation sites (tertiary alicyclic amines) is 1. The molecule has 1 N–H and O–H groups in total. The SMILES string of the molecule is OCC1CCCCCN1Cc1ccc(F)c2cccnc12. The molecule has 1 aliphatic heterocycles. The molecule has 1 aliphatic rings. The van der Waals surface area contributed by atoms with Gasteiger partial charge in [-0.1, -0.05) is 18.9 Å². The van der Waals surface area contributed by atoms with Crippen LogP contribution < -0.4 is 0 Å². The maximum absolute atomic E-state index is 13.9. The van der Waals surface area contributed by atoms with Crippen molar-refractivity contribution in [1.29, 1.82) is 0 Å². The molecule has 1 aromatic heterocycles. The van der Waals surface area contributed by atoms with E-state index in [0.717, 1.165) is 37.0 Å². The summed E-state index contributed by atoms with van der Waals surface area (Å²) in [5, 5.41) is 10.2. The lowest BCUT2D eigenvalue weighted by Gasteiger charge is -2.28. The van der Waals surface area contributed by atoms with E-state index in [1.807, 2.05) is 6.07 Å². The number of halogens is 1. The summed E-state index contributed by atoms with van der Waals surface area (Å²) in [5.41, 5.74) is 1.77. The summed E-state index contributed by atoms with van der Waals surface area (Å²) in [6, 6.07) is 7.08. The van der Waals surface area contributed by atoms with Crippen LogP contribution in [0.25, 0.3) is 10.9 Å². The van der Waals surface area contributed by atoms with Crippen LogP contribution >= 0.6 is 0 Å². The highest BCUT2D eigenvalue weighted by Crippen LogP contribution is 2.24. The Hall–Kier alpha value is -1.52. The molecule has 1 aromatic carbocycles. The number of aromatic nitrogens is 1. The van der Waals surface area contributed by atoms with Crippen molar-refractivity contribution in [3.8, 4) is 0 Å². The van der Waals surface area contributed by atoms with Crippen molar-refractivity contribution in [1.82, 2.24) is 9.88 Å². The van der Waals surface area contributed by atoms with Crippen LogP contribution in [0.15, 0.2) is 30.5 Å². The smallest absolute Gasteiger partial charge is 0.132 e. The Morgan fingerprint density at radius 2 is 2.14 bits per heavy atom. The van der Waals surface area contributed by atoms with Crippen molar-refractivity contribution in [3.05, 3.63) is 41.8 Å². The van der Waals surface area contributed by atoms with Crippen LogP contribution in [0.2, 0.25) is 0 Å². The van der Waals surface area contributed by atoms with Gasteiger partial charge in [-0.05, 0) is 43.1 Å². The fourth-order valence-corrected chi connectivity index (χ4v) is 3.19. The maximum atomic E-state index is 13.9. The van der Waals surface area contributed by atoms with Gasteiger partial charge in [0, 0.05) is 24.2 Å². The van der Waals surface area contributed by atoms with Crippen molar-refractivity contribution in [2.24, 2.45) is 0 Å². The van der Waals surface area contributed by atoms with Crippen LogP contribution in [0.3, 0.4) is 0 Å². The van der Waals surface area contributed by atoms with Gasteiger partial charge in [0.1, 0.15) is 5.82 Å². The first-order chi connectivity index (χ1) is 10.3. The van der Waals surface area contributed by atoms with Gasteiger partial charge in [0.25, 0.3) is 0 Å². The standard InChI is InChI=1S/C17H21FN2O/c18-16-8-7-13(17-15(16)6-4-9-19-17)11-20-10-3-1-2-5-14(20)12-21/h4,6-9,14,21H,1-3,5,10-12H2. The number of benzene rings is 1. The highest BCUT2D eigenvalue weighted by Gasteiger charge is 2.21. The van der Waals surface area contributed by atoms with Gasteiger partial charge in [-0.15, -0.1) is 0 Å². The lowest BCUT2D eigenvalue weighted by molar-refractivity contribution is 0.119. The molecule has 1 fully saturated rings. The van der Waals surface area contributed by atoms with Crippen LogP contribution in [0.5, 0.6) is 0 Å². The zero-order valence-electron chi connectivity index (χ0n) is 12.1. The normalized spacial score (nSPS) is 20.6. The predicted octanol–water partition coefficient (Wildman–Crippen LogP) is 3.11. The monoisotopic (exact) mass is 288 g/mol. The third-order valence-corrected chi connectivity index (χ3v) is 4.38. The third-order valence-electron chi connectivity index (χ3n) is 4.38. The molecule has 1 saturated heterocycles. The van der Waals surface area contributed by atoms with Crippen LogP contribution in [0, 0.1) is 5.82 Å². The summed E-state index contributed by atoms with van der Waals surface area (Å²) < 4.78 is 13.9. The number of nitrogens with zero attached hydrogens (tertiary/aromatic N) is 2. The summed E-state index contributed by atoms with van der Waals surface area (Å²) in [4.78, 5) is 6.67. The molecule has 1 unspecified atom stereocenters. The molecule has 2 heterocycles. The minimum atomic E-state index is -0.226. The van der Waals surface area contributed by atoms with Crippen molar-refractivity contribution < 1.29 is 9.50 Å². The fraction of sp³-hybridized carbons (Fsp3) is 0.471. The van der Waals surface area contributed by atoms with E-state index < -0.39 is 0 Å². The first kappa shape index (κ1) is 14.4. The zero-order chi connectivity index (χ0) is 14.7. The van der Waals surface area contributed by atoms with Gasteiger partial charge in [-0.3, -0.25) is 9.88 Å². The van der Waals surface area contributed by atoms with Crippen LogP contribution in [0.4, 0.5) is 4.39 Å². The van der Waals surface area contributed by atoms with Crippen molar-refractivity contribution in [2.75, 3.05) is 13.2 Å². The first-order valence-electron chi connectivity index (χ1n) is 7.66. The molecule has 2 aromatic rings. The number of pyridine rings is 1. The number of rotatable bonds is 3. The highest BCUT2D eigenvalue weighted by molar-refractivity contribution is 5.82. The number of fused-ring (bicyclic) bond motifs is 1. The Morgan fingerprint density at radius 1 is 1.24 bits per heavy atom. The van der Waals surface area contributed by atoms with E-state index in [1.165, 1.54) is 18.9 Å². The Bertz CT molecular complexity index is 617. The maximum Gasteiger partial charge on any atom is 0.132 e. The number of aliphatic hydroxyl groups is 1. The van der Waals surface area contributed by atoms with E-state index in [-0.39, 0.29) is 18.5 Å². The van der Waals surface area contributed by atoms with E-state index in [4.69, 9.17) is 0 Å². The lowest BCUT2D eigenvalue weighted by Crippen LogP contribution is -2.37. The molecule has 4 heteroatoms. The second kappa shape index (κ2) is 6.50. The molecule has 0 spiro atoms. The summed E-state index contributed by atoms with van der Waals surface area (Å²) in [6.45, 7) is 1.89. The minimum Gasteiger partial charge on any atom is -0.395 e. The topological polar surface area (TPSA) is 36.4 Å². The molecule has 3 nitrogen and oxygen atoms in total. The molecule has 0 amide bonds. The first-order valence-corrected chi connectivity index (χ1v) is 7.66. The quantitative estimate of drug-likeness (QED) is 0.942. The molecule has 0 saturated carbocycles. The van der Waals surface area contributed by atoms with E-state index in [9.17, 15) is 9.50 Å². The van der Waals surface area contributed by atoms with Gasteiger partial charge in [-0.25, -0.2) is 4.39 Å². The molecular formula is C17H21FN2O. The van der Waals surface area contributed by atoms with Gasteiger partial charge < -0.3 is 5.11 Å². The van der Waals surface area contributed by atoms with Crippen LogP contribution in [-0.4, -0.2) is 34.2 Å². The van der Waals surface area contributed by atoms with E-state index in [2.05, 4.69) is 9.88 Å². The Kier molecular flexibility index (Phi) is 4.46. The molecule has 0 aliphatic carbocycles. The summed E-state index contributed by atoms with van der Waals surface area (Å²) in [7, 11) is 0. The summed E-state index contributed by atoms with van der Waals surface area (Å²) in [6.07, 6.45) is 6.28. The number of hydrogen-bond donors (Lipinski definition) is 1. The molecule has 3 rings (SSSR count). The van der Waals surface area contributed by atoms with Gasteiger partial charge in [0.15, 0.2) is 0 Å². The number of aliphatic hydroxyl groups excluding tert-OH is 1. The van der Waals surface area contributed by atoms with Crippen molar-refractivity contribution >= 4 is 10.9 Å². The molecule has 0 radical (unpaired) electrons. The number of hydrogen-bond acceptors (Lipinski definition) is 3. The average molecular weight is 288 g/mol. The van der Waals surface area contributed by atoms with Crippen LogP contribution in [-0.2, 0) is 6.54 Å². The second-order valence-electron chi connectivity index (χ2n) is 5.76. The molecule has 0 bridgehead atoms. The Labute approximate surface area is 124 Å². The van der Waals surface area contributed by atoms with Gasteiger partial charge in [0.2, 0.25) is 0 Å². The molecule has 112 valence electrons. The van der Waals surface area contributed by atoms with Crippen LogP contribution in [0.1, 0.15) is 31.2 Å². The predicted molar refractivity (Wildman–Crippen MR) is 81.5 cm³/mol. The lowest BCUT2D eigenvalue weighted by atomic mass is 10.1. The van der Waals surface area contributed by atoms with Gasteiger partial charge in [0.05, 0.1) is 12.1 Å². The fourth-order valence-electron chi connectivity index (χ4n) is 3.19. The summed E-state index contributed by atoms with van der Waals surface area (Å²) >= 11 is 0. The Balaban J connectivity index is 1.91. The van der Waals surface area contributed by atoms with E-state index in [1.54, 1.807) is 18.3 Å². The highest BCUT2D eigenvalue weighted by atomic mass is 19.1. The molecule has 1 atom stereocenters. The summed E-state index contributed by atoms with van der Waals surface area (Å²) in [5.74, 6) is -0.226. The third kappa shape index (κ3) is 3.06. The molecular weight excluding hydrogens is 267 g/mol. The van der Waals surface area contributed by atoms with Gasteiger partial charge in [-0.2, -0.15) is 0 Å². The Morgan fingerprint density at radius 3 is 3.00 bits per heavy atom. The van der Waals surface area contributed by atoms with Crippen molar-refractivity contribution in [2.45, 2.75) is 38.3 Å².